The van der Waals surface area contributed by atoms with Gasteiger partial charge in [-0.1, -0.05) is 147 Å². The fraction of sp³-hybridized carbons (Fsp3) is 0.127. The van der Waals surface area contributed by atoms with Gasteiger partial charge in [-0.15, -0.1) is 0 Å². The molecular weight excluding hydrogens is 689 g/mol. The van der Waals surface area contributed by atoms with Crippen molar-refractivity contribution in [2.24, 2.45) is 0 Å². The van der Waals surface area contributed by atoms with Crippen molar-refractivity contribution in [1.82, 2.24) is 4.57 Å². The molecule has 0 saturated carbocycles. The largest absolute Gasteiger partial charge is 0.330 e. The second-order valence-corrected chi connectivity index (χ2v) is 16.7. The summed E-state index contributed by atoms with van der Waals surface area (Å²) in [7, 11) is 0. The van der Waals surface area contributed by atoms with Gasteiger partial charge in [0.15, 0.2) is 0 Å². The number of aromatic nitrogens is 1. The van der Waals surface area contributed by atoms with Gasteiger partial charge in [-0.05, 0) is 123 Å². The molecule has 274 valence electrons. The van der Waals surface area contributed by atoms with Gasteiger partial charge in [0.05, 0.1) is 16.7 Å². The maximum Gasteiger partial charge on any atom is 0.0716 e. The summed E-state index contributed by atoms with van der Waals surface area (Å²) in [5.41, 5.74) is 16.6. The van der Waals surface area contributed by atoms with Crippen LogP contribution < -0.4 is 4.90 Å². The molecule has 57 heavy (non-hydrogen) atoms. The van der Waals surface area contributed by atoms with Crippen LogP contribution in [0, 0.1) is 0 Å². The van der Waals surface area contributed by atoms with E-state index in [1.807, 2.05) is 0 Å². The fourth-order valence-electron chi connectivity index (χ4n) is 10.3. The Hall–Kier alpha value is -6.64. The fourth-order valence-corrected chi connectivity index (χ4v) is 10.3. The van der Waals surface area contributed by atoms with Gasteiger partial charge in [0.1, 0.15) is 0 Å². The first-order valence-corrected chi connectivity index (χ1v) is 20.3. The molecule has 0 saturated heterocycles. The quantitative estimate of drug-likeness (QED) is 0.126. The van der Waals surface area contributed by atoms with Crippen LogP contribution in [0.2, 0.25) is 0 Å². The Labute approximate surface area is 335 Å². The zero-order valence-electron chi connectivity index (χ0n) is 32.9. The van der Waals surface area contributed by atoms with Crippen LogP contribution in [0.1, 0.15) is 61.9 Å². The third-order valence-electron chi connectivity index (χ3n) is 13.1. The van der Waals surface area contributed by atoms with Gasteiger partial charge in [-0.25, -0.2) is 0 Å². The Morgan fingerprint density at radius 1 is 0.649 bits per heavy atom. The van der Waals surface area contributed by atoms with E-state index in [-0.39, 0.29) is 11.0 Å². The molecule has 0 fully saturated rings. The van der Waals surface area contributed by atoms with E-state index in [4.69, 9.17) is 0 Å². The van der Waals surface area contributed by atoms with Gasteiger partial charge in [-0.2, -0.15) is 0 Å². The monoisotopic (exact) mass is 732 g/mol. The molecule has 1 unspecified atom stereocenters. The number of hydrogen-bond donors (Lipinski definition) is 0. The first-order valence-electron chi connectivity index (χ1n) is 20.3. The summed E-state index contributed by atoms with van der Waals surface area (Å²) in [6, 6.07) is 54.1. The first kappa shape index (κ1) is 33.7. The molecule has 2 nitrogen and oxygen atoms in total. The minimum Gasteiger partial charge on any atom is -0.330 e. The van der Waals surface area contributed by atoms with Gasteiger partial charge in [-0.3, -0.25) is 0 Å². The third kappa shape index (κ3) is 4.90. The Bertz CT molecular complexity index is 3090. The number of allylic oxidation sites excluding steroid dienone is 5. The van der Waals surface area contributed by atoms with Crippen molar-refractivity contribution in [1.29, 1.82) is 0 Å². The summed E-state index contributed by atoms with van der Waals surface area (Å²) in [5.74, 6) is 0. The molecule has 3 aliphatic rings. The van der Waals surface area contributed by atoms with Crippen LogP contribution in [-0.4, -0.2) is 10.1 Å². The Morgan fingerprint density at radius 3 is 2.16 bits per heavy atom. The second-order valence-electron chi connectivity index (χ2n) is 16.7. The summed E-state index contributed by atoms with van der Waals surface area (Å²) in [6.45, 7) is 9.31. The van der Waals surface area contributed by atoms with E-state index in [0.29, 0.717) is 0 Å². The standard InChI is InChI=1S/C55H44N2/c1-5-15-40(36-16-7-6-8-17-36)35-56-31-29-39-32-37(24-27-51(39)56)38-28-30-55(4)50(33-38)52-46-21-11-9-18-42(46)43-19-10-12-22-47(43)53(52)57(55)41-25-26-45-44-20-13-14-23-48(44)54(2,3)49(45)34-41/h5-29,31-35H,30H2,1-4H3/b15-5-,40-35+. The van der Waals surface area contributed by atoms with Gasteiger partial charge >= 0.3 is 0 Å². The molecule has 2 heterocycles. The van der Waals surface area contributed by atoms with Gasteiger partial charge < -0.3 is 9.47 Å². The van der Waals surface area contributed by atoms with E-state index in [2.05, 4.69) is 219 Å². The summed E-state index contributed by atoms with van der Waals surface area (Å²) in [5, 5.41) is 6.46. The van der Waals surface area contributed by atoms with Gasteiger partial charge in [0.25, 0.3) is 0 Å². The van der Waals surface area contributed by atoms with E-state index in [1.165, 1.54) is 99.5 Å². The number of nitrogens with zero attached hydrogens (tertiary/aromatic N) is 2. The third-order valence-corrected chi connectivity index (χ3v) is 13.1. The predicted octanol–water partition coefficient (Wildman–Crippen LogP) is 14.6. The average Bonchev–Trinajstić information content (AvgIpc) is 3.85. The molecule has 0 radical (unpaired) electrons. The maximum absolute atomic E-state index is 2.69. The average molecular weight is 733 g/mol. The number of fused-ring (bicyclic) bond motifs is 12. The number of hydrogen-bond acceptors (Lipinski definition) is 1. The van der Waals surface area contributed by atoms with Crippen molar-refractivity contribution < 1.29 is 0 Å². The minimum absolute atomic E-state index is 0.0850. The van der Waals surface area contributed by atoms with E-state index in [9.17, 15) is 0 Å². The van der Waals surface area contributed by atoms with Crippen LogP contribution in [0.15, 0.2) is 176 Å². The summed E-state index contributed by atoms with van der Waals surface area (Å²) in [4.78, 5) is 2.69. The molecule has 7 aromatic carbocycles. The lowest BCUT2D eigenvalue weighted by Crippen LogP contribution is -2.40. The Balaban J connectivity index is 1.08. The Morgan fingerprint density at radius 2 is 1.35 bits per heavy atom. The lowest BCUT2D eigenvalue weighted by molar-refractivity contribution is 0.607. The number of anilines is 2. The van der Waals surface area contributed by atoms with Crippen molar-refractivity contribution in [2.45, 2.75) is 45.1 Å². The zero-order chi connectivity index (χ0) is 38.5. The maximum atomic E-state index is 2.69. The van der Waals surface area contributed by atoms with Crippen molar-refractivity contribution in [3.05, 3.63) is 204 Å². The normalized spacial score (nSPS) is 18.2. The molecule has 1 aliphatic heterocycles. The van der Waals surface area contributed by atoms with Crippen molar-refractivity contribution in [3.63, 3.8) is 0 Å². The van der Waals surface area contributed by atoms with Crippen LogP contribution in [0.3, 0.4) is 0 Å². The van der Waals surface area contributed by atoms with E-state index in [1.54, 1.807) is 0 Å². The van der Waals surface area contributed by atoms with Crippen LogP contribution in [0.4, 0.5) is 11.4 Å². The van der Waals surface area contributed by atoms with Crippen molar-refractivity contribution in [3.8, 4) is 11.1 Å². The Kier molecular flexibility index (Phi) is 7.35. The highest BCUT2D eigenvalue weighted by atomic mass is 15.2. The summed E-state index contributed by atoms with van der Waals surface area (Å²) < 4.78 is 2.25. The van der Waals surface area contributed by atoms with Crippen LogP contribution >= 0.6 is 0 Å². The molecule has 2 heteroatoms. The predicted molar refractivity (Wildman–Crippen MR) is 244 cm³/mol. The molecule has 0 bridgehead atoms. The zero-order valence-corrected chi connectivity index (χ0v) is 32.9. The van der Waals surface area contributed by atoms with E-state index < -0.39 is 0 Å². The summed E-state index contributed by atoms with van der Waals surface area (Å²) >= 11 is 0. The topological polar surface area (TPSA) is 8.17 Å². The van der Waals surface area contributed by atoms with E-state index in [0.717, 1.165) is 6.42 Å². The second kappa shape index (κ2) is 12.4. The van der Waals surface area contributed by atoms with Crippen molar-refractivity contribution >= 4 is 66.7 Å². The van der Waals surface area contributed by atoms with Crippen LogP contribution in [-0.2, 0) is 5.41 Å². The number of rotatable bonds is 5. The van der Waals surface area contributed by atoms with Gasteiger partial charge in [0, 0.05) is 39.8 Å². The van der Waals surface area contributed by atoms with Crippen molar-refractivity contribution in [2.75, 3.05) is 4.90 Å². The molecule has 1 atom stereocenters. The SMILES string of the molecule is C/C=C\C(=C/n1ccc2cc(C3=CCC4(C)C(=C3)c3c(c5ccccc5c5ccccc35)N4c3ccc4c(c3)C(C)(C)c3ccccc3-4)ccc21)c1ccccc1. The van der Waals surface area contributed by atoms with Crippen LogP contribution in [0.5, 0.6) is 0 Å². The highest BCUT2D eigenvalue weighted by Gasteiger charge is 2.48. The molecule has 1 aromatic heterocycles. The first-order chi connectivity index (χ1) is 27.8. The lowest BCUT2D eigenvalue weighted by Gasteiger charge is -2.40. The molecule has 0 N–H and O–H groups in total. The molecule has 0 amide bonds. The highest BCUT2D eigenvalue weighted by molar-refractivity contribution is 6.23. The molecule has 2 aliphatic carbocycles. The van der Waals surface area contributed by atoms with Crippen LogP contribution in [0.25, 0.3) is 66.5 Å². The molecule has 8 aromatic rings. The molecule has 11 rings (SSSR count). The smallest absolute Gasteiger partial charge is 0.0716 e. The number of benzene rings is 7. The summed E-state index contributed by atoms with van der Waals surface area (Å²) in [6.07, 6.45) is 14.6. The van der Waals surface area contributed by atoms with Gasteiger partial charge in [0.2, 0.25) is 0 Å². The van der Waals surface area contributed by atoms with E-state index >= 15 is 0 Å². The highest BCUT2D eigenvalue weighted by Crippen LogP contribution is 2.60. The molecular formula is C55H44N2. The molecule has 0 spiro atoms. The minimum atomic E-state index is -0.290. The lowest BCUT2D eigenvalue weighted by atomic mass is 9.78.